The van der Waals surface area contributed by atoms with Crippen LogP contribution >= 0.6 is 27.3 Å². The van der Waals surface area contributed by atoms with Gasteiger partial charge >= 0.3 is 0 Å². The van der Waals surface area contributed by atoms with Gasteiger partial charge in [0.25, 0.3) is 5.91 Å². The van der Waals surface area contributed by atoms with E-state index >= 15 is 0 Å². The first-order valence-electron chi connectivity index (χ1n) is 7.20. The van der Waals surface area contributed by atoms with Crippen molar-refractivity contribution in [1.82, 2.24) is 0 Å². The van der Waals surface area contributed by atoms with Gasteiger partial charge in [-0.3, -0.25) is 4.79 Å². The molecule has 1 aromatic heterocycles. The maximum absolute atomic E-state index is 13.8. The second-order valence-corrected chi connectivity index (χ2v) is 7.44. The number of carbonyl (C=O) groups excluding carboxylic acids is 1. The molecule has 0 aliphatic carbocycles. The number of halogens is 2. The SMILES string of the molecule is C[C@@H]1c2ccsc2CC[NH+]1CC(=O)Nc1ccc(Br)cc1F. The van der Waals surface area contributed by atoms with Gasteiger partial charge in [0.05, 0.1) is 12.2 Å². The maximum atomic E-state index is 13.8. The second-order valence-electron chi connectivity index (χ2n) is 5.53. The molecule has 0 saturated carbocycles. The molecule has 1 aliphatic heterocycles. The van der Waals surface area contributed by atoms with E-state index in [1.165, 1.54) is 21.4 Å². The molecule has 1 aliphatic rings. The number of amides is 1. The Morgan fingerprint density at radius 3 is 3.09 bits per heavy atom. The predicted molar refractivity (Wildman–Crippen MR) is 89.9 cm³/mol. The van der Waals surface area contributed by atoms with Crippen LogP contribution in [0.15, 0.2) is 34.1 Å². The molecule has 116 valence electrons. The van der Waals surface area contributed by atoms with Crippen molar-refractivity contribution in [2.45, 2.75) is 19.4 Å². The smallest absolute Gasteiger partial charge is 0.279 e. The number of benzene rings is 1. The van der Waals surface area contributed by atoms with E-state index in [4.69, 9.17) is 0 Å². The number of fused-ring (bicyclic) bond motifs is 1. The van der Waals surface area contributed by atoms with E-state index in [0.717, 1.165) is 13.0 Å². The normalized spacial score (nSPS) is 20.5. The van der Waals surface area contributed by atoms with Gasteiger partial charge in [0.2, 0.25) is 0 Å². The van der Waals surface area contributed by atoms with Crippen molar-refractivity contribution in [3.63, 3.8) is 0 Å². The van der Waals surface area contributed by atoms with Crippen LogP contribution in [0.4, 0.5) is 10.1 Å². The molecular formula is C16H17BrFN2OS+. The van der Waals surface area contributed by atoms with Gasteiger partial charge in [0.1, 0.15) is 11.9 Å². The van der Waals surface area contributed by atoms with Crippen LogP contribution in [-0.2, 0) is 11.2 Å². The lowest BCUT2D eigenvalue weighted by Crippen LogP contribution is -3.14. The lowest BCUT2D eigenvalue weighted by atomic mass is 10.0. The molecule has 3 rings (SSSR count). The number of hydrogen-bond donors (Lipinski definition) is 2. The fourth-order valence-electron chi connectivity index (χ4n) is 2.88. The Kier molecular flexibility index (Phi) is 4.61. The van der Waals surface area contributed by atoms with Crippen LogP contribution in [0.3, 0.4) is 0 Å². The summed E-state index contributed by atoms with van der Waals surface area (Å²) in [5, 5.41) is 4.78. The van der Waals surface area contributed by atoms with Crippen LogP contribution in [0.2, 0.25) is 0 Å². The van der Waals surface area contributed by atoms with E-state index in [1.807, 2.05) is 0 Å². The molecule has 2 heterocycles. The quantitative estimate of drug-likeness (QED) is 0.839. The average Bonchev–Trinajstić information content (AvgIpc) is 2.94. The van der Waals surface area contributed by atoms with Gasteiger partial charge in [-0.2, -0.15) is 0 Å². The summed E-state index contributed by atoms with van der Waals surface area (Å²) < 4.78 is 14.4. The van der Waals surface area contributed by atoms with Gasteiger partial charge in [0.15, 0.2) is 6.54 Å². The number of hydrogen-bond acceptors (Lipinski definition) is 2. The number of rotatable bonds is 3. The molecule has 0 spiro atoms. The first kappa shape index (κ1) is 15.6. The minimum absolute atomic E-state index is 0.151. The molecule has 0 saturated heterocycles. The molecule has 0 fully saturated rings. The monoisotopic (exact) mass is 383 g/mol. The fourth-order valence-corrected chi connectivity index (χ4v) is 4.20. The van der Waals surface area contributed by atoms with Gasteiger partial charge in [-0.15, -0.1) is 11.3 Å². The van der Waals surface area contributed by atoms with Crippen LogP contribution in [-0.4, -0.2) is 19.0 Å². The summed E-state index contributed by atoms with van der Waals surface area (Å²) in [7, 11) is 0. The number of thiophene rings is 1. The second kappa shape index (κ2) is 6.48. The molecule has 2 aromatic rings. The summed E-state index contributed by atoms with van der Waals surface area (Å²) in [6.07, 6.45) is 1.01. The lowest BCUT2D eigenvalue weighted by molar-refractivity contribution is -0.923. The Balaban J connectivity index is 1.65. The average molecular weight is 384 g/mol. The minimum Gasteiger partial charge on any atom is -0.321 e. The highest BCUT2D eigenvalue weighted by Crippen LogP contribution is 2.24. The first-order chi connectivity index (χ1) is 10.5. The van der Waals surface area contributed by atoms with E-state index in [9.17, 15) is 9.18 Å². The van der Waals surface area contributed by atoms with Crippen molar-refractivity contribution in [2.24, 2.45) is 0 Å². The third-order valence-corrected chi connectivity index (χ3v) is 5.61. The van der Waals surface area contributed by atoms with E-state index < -0.39 is 5.82 Å². The summed E-state index contributed by atoms with van der Waals surface area (Å²) in [6.45, 7) is 3.43. The van der Waals surface area contributed by atoms with E-state index in [1.54, 1.807) is 23.5 Å². The van der Waals surface area contributed by atoms with Crippen LogP contribution < -0.4 is 10.2 Å². The summed E-state index contributed by atoms with van der Waals surface area (Å²) in [4.78, 5) is 14.9. The standard InChI is InChI=1S/C16H16BrFN2OS/c1-10-12-5-7-22-15(12)4-6-20(10)9-16(21)19-14-3-2-11(17)8-13(14)18/h2-3,5,7-8,10H,4,6,9H2,1H3,(H,19,21)/p+1/t10-/m1/s1. The van der Waals surface area contributed by atoms with Crippen molar-refractivity contribution < 1.29 is 14.1 Å². The zero-order chi connectivity index (χ0) is 15.7. The van der Waals surface area contributed by atoms with Gasteiger partial charge in [-0.05, 0) is 36.6 Å². The van der Waals surface area contributed by atoms with Crippen molar-refractivity contribution in [3.05, 3.63) is 50.4 Å². The Bertz CT molecular complexity index is 703. The fraction of sp³-hybridized carbons (Fsp3) is 0.312. The number of anilines is 1. The van der Waals surface area contributed by atoms with Gasteiger partial charge in [-0.1, -0.05) is 15.9 Å². The minimum atomic E-state index is -0.426. The first-order valence-corrected chi connectivity index (χ1v) is 8.87. The van der Waals surface area contributed by atoms with Crippen LogP contribution in [0, 0.1) is 5.82 Å². The maximum Gasteiger partial charge on any atom is 0.279 e. The Labute approximate surface area is 141 Å². The largest absolute Gasteiger partial charge is 0.321 e. The van der Waals surface area contributed by atoms with E-state index in [0.29, 0.717) is 17.1 Å². The molecule has 0 radical (unpaired) electrons. The Hall–Kier alpha value is -1.24. The van der Waals surface area contributed by atoms with Crippen molar-refractivity contribution in [1.29, 1.82) is 0 Å². The molecule has 1 unspecified atom stereocenters. The molecule has 1 aromatic carbocycles. The summed E-state index contributed by atoms with van der Waals surface area (Å²) in [6, 6.07) is 7.09. The molecule has 2 N–H and O–H groups in total. The third-order valence-electron chi connectivity index (χ3n) is 4.12. The van der Waals surface area contributed by atoms with Crippen molar-refractivity contribution in [3.8, 4) is 0 Å². The van der Waals surface area contributed by atoms with Crippen molar-refractivity contribution >= 4 is 38.9 Å². The Morgan fingerprint density at radius 1 is 1.50 bits per heavy atom. The highest BCUT2D eigenvalue weighted by molar-refractivity contribution is 9.10. The third kappa shape index (κ3) is 3.24. The molecule has 3 nitrogen and oxygen atoms in total. The van der Waals surface area contributed by atoms with Crippen molar-refractivity contribution in [2.75, 3.05) is 18.4 Å². The molecule has 6 heteroatoms. The molecule has 1 amide bonds. The highest BCUT2D eigenvalue weighted by atomic mass is 79.9. The highest BCUT2D eigenvalue weighted by Gasteiger charge is 2.29. The number of carbonyl (C=O) groups is 1. The zero-order valence-electron chi connectivity index (χ0n) is 12.2. The molecule has 0 bridgehead atoms. The summed E-state index contributed by atoms with van der Waals surface area (Å²) >= 11 is 4.99. The lowest BCUT2D eigenvalue weighted by Gasteiger charge is -2.29. The topological polar surface area (TPSA) is 33.5 Å². The predicted octanol–water partition coefficient (Wildman–Crippen LogP) is 2.79. The van der Waals surface area contributed by atoms with Gasteiger partial charge in [-0.25, -0.2) is 4.39 Å². The molecule has 2 atom stereocenters. The number of nitrogens with one attached hydrogen (secondary N) is 2. The molecular weight excluding hydrogens is 367 g/mol. The summed E-state index contributed by atoms with van der Waals surface area (Å²) in [5.74, 6) is -0.578. The van der Waals surface area contributed by atoms with E-state index in [-0.39, 0.29) is 11.6 Å². The van der Waals surface area contributed by atoms with Crippen LogP contribution in [0.1, 0.15) is 23.4 Å². The summed E-state index contributed by atoms with van der Waals surface area (Å²) in [5.41, 5.74) is 1.57. The Morgan fingerprint density at radius 2 is 2.32 bits per heavy atom. The van der Waals surface area contributed by atoms with E-state index in [2.05, 4.69) is 39.6 Å². The molecule has 22 heavy (non-hydrogen) atoms. The van der Waals surface area contributed by atoms with Gasteiger partial charge in [0, 0.05) is 21.3 Å². The zero-order valence-corrected chi connectivity index (χ0v) is 14.6. The van der Waals surface area contributed by atoms with Crippen LogP contribution in [0.5, 0.6) is 0 Å². The number of quaternary nitrogens is 1. The van der Waals surface area contributed by atoms with Crippen LogP contribution in [0.25, 0.3) is 0 Å². The van der Waals surface area contributed by atoms with Gasteiger partial charge < -0.3 is 10.2 Å².